The lowest BCUT2D eigenvalue weighted by Crippen LogP contribution is -2.22. The van der Waals surface area contributed by atoms with E-state index in [0.29, 0.717) is 0 Å². The Bertz CT molecular complexity index is 828. The number of H-pyrrole nitrogens is 1. The highest BCUT2D eigenvalue weighted by atomic mass is 19.1. The molecule has 0 aliphatic heterocycles. The van der Waals surface area contributed by atoms with Crippen molar-refractivity contribution >= 4 is 22.7 Å². The van der Waals surface area contributed by atoms with E-state index < -0.39 is 64.9 Å². The Labute approximate surface area is 122 Å². The molecule has 2 rings (SSSR count). The molecule has 1 aromatic heterocycles. The molecule has 0 radical (unpaired) electrons. The topological polar surface area (TPSA) is 107 Å². The van der Waals surface area contributed by atoms with Gasteiger partial charge in [0.2, 0.25) is 0 Å². The molecule has 0 amide bonds. The lowest BCUT2D eigenvalue weighted by molar-refractivity contribution is -0.136. The minimum absolute atomic E-state index is 0.355. The lowest BCUT2D eigenvalue weighted by atomic mass is 9.98. The molecule has 0 unspecified atom stereocenters. The van der Waals surface area contributed by atoms with Crippen molar-refractivity contribution < 1.29 is 28.6 Å². The Morgan fingerprint density at radius 2 is 1.77 bits per heavy atom. The molecule has 1 aromatic carbocycles. The number of ketones is 1. The summed E-state index contributed by atoms with van der Waals surface area (Å²) in [5.74, 6) is -3.93. The number of aromatic amines is 1. The first-order chi connectivity index (χ1) is 10.4. The normalized spacial score (nSPS) is 10.9. The van der Waals surface area contributed by atoms with Crippen molar-refractivity contribution in [3.05, 3.63) is 45.2 Å². The predicted octanol–water partition coefficient (Wildman–Crippen LogP) is 1.35. The molecule has 0 aliphatic carbocycles. The van der Waals surface area contributed by atoms with Crippen molar-refractivity contribution in [1.29, 1.82) is 0 Å². The zero-order valence-electron chi connectivity index (χ0n) is 11.2. The van der Waals surface area contributed by atoms with E-state index in [1.165, 1.54) is 0 Å². The summed E-state index contributed by atoms with van der Waals surface area (Å²) in [6.07, 6.45) is -1.01. The van der Waals surface area contributed by atoms with E-state index in [0.717, 1.165) is 12.1 Å². The Balaban J connectivity index is 2.72. The van der Waals surface area contributed by atoms with Crippen LogP contribution in [0, 0.1) is 11.6 Å². The molecule has 8 heteroatoms. The highest BCUT2D eigenvalue weighted by Gasteiger charge is 2.22. The number of pyridine rings is 1. The fraction of sp³-hybridized carbons (Fsp3) is 0.214. The molecule has 0 aliphatic rings. The number of aliphatic hydroxyl groups is 1. The standard InChI is InChI=1S/C14H11F2NO5/c15-7-1-2-8(16)13-11(7)6(5-18)12(14(22)17-13)9(19)3-4-10(20)21/h1-2,18H,3-5H2,(H,17,22)(H,20,21). The second-order valence-electron chi connectivity index (χ2n) is 4.56. The van der Waals surface area contributed by atoms with Crippen LogP contribution in [0.25, 0.3) is 10.9 Å². The van der Waals surface area contributed by atoms with Crippen LogP contribution in [0.2, 0.25) is 0 Å². The minimum Gasteiger partial charge on any atom is -0.481 e. The van der Waals surface area contributed by atoms with Gasteiger partial charge in [-0.1, -0.05) is 0 Å². The van der Waals surface area contributed by atoms with Gasteiger partial charge in [0.25, 0.3) is 5.56 Å². The van der Waals surface area contributed by atoms with Crippen molar-refractivity contribution in [2.75, 3.05) is 0 Å². The van der Waals surface area contributed by atoms with Crippen molar-refractivity contribution in [3.63, 3.8) is 0 Å². The van der Waals surface area contributed by atoms with Gasteiger partial charge < -0.3 is 15.2 Å². The highest BCUT2D eigenvalue weighted by molar-refractivity contribution is 6.02. The number of nitrogens with one attached hydrogen (secondary N) is 1. The SMILES string of the molecule is O=C(O)CCC(=O)c1c(CO)c2c(F)ccc(F)c2[nH]c1=O. The summed E-state index contributed by atoms with van der Waals surface area (Å²) in [6.45, 7) is -0.866. The first kappa shape index (κ1) is 15.8. The maximum Gasteiger partial charge on any atom is 0.303 e. The van der Waals surface area contributed by atoms with E-state index in [4.69, 9.17) is 5.11 Å². The van der Waals surface area contributed by atoms with Gasteiger partial charge in [-0.25, -0.2) is 8.78 Å². The molecule has 0 bridgehead atoms. The second-order valence-corrected chi connectivity index (χ2v) is 4.56. The average Bonchev–Trinajstić information content (AvgIpc) is 2.47. The molecule has 0 fully saturated rings. The van der Waals surface area contributed by atoms with Gasteiger partial charge in [-0.05, 0) is 12.1 Å². The largest absolute Gasteiger partial charge is 0.481 e. The van der Waals surface area contributed by atoms with Gasteiger partial charge >= 0.3 is 5.97 Å². The second kappa shape index (κ2) is 6.02. The summed E-state index contributed by atoms with van der Waals surface area (Å²) >= 11 is 0. The number of aliphatic hydroxyl groups excluding tert-OH is 1. The van der Waals surface area contributed by atoms with Gasteiger partial charge in [0.1, 0.15) is 11.6 Å². The summed E-state index contributed by atoms with van der Waals surface area (Å²) in [7, 11) is 0. The maximum absolute atomic E-state index is 13.9. The zero-order valence-corrected chi connectivity index (χ0v) is 11.2. The minimum atomic E-state index is -1.24. The molecule has 6 nitrogen and oxygen atoms in total. The molecule has 116 valence electrons. The van der Waals surface area contributed by atoms with Crippen LogP contribution in [0.4, 0.5) is 8.78 Å². The summed E-state index contributed by atoms with van der Waals surface area (Å²) in [5.41, 5.74) is -2.37. The molecule has 1 heterocycles. The fourth-order valence-electron chi connectivity index (χ4n) is 2.21. The third-order valence-electron chi connectivity index (χ3n) is 3.18. The number of carbonyl (C=O) groups excluding carboxylic acids is 1. The van der Waals surface area contributed by atoms with Gasteiger partial charge in [-0.3, -0.25) is 14.4 Å². The zero-order chi connectivity index (χ0) is 16.4. The van der Waals surface area contributed by atoms with E-state index in [-0.39, 0.29) is 5.56 Å². The van der Waals surface area contributed by atoms with Gasteiger partial charge in [-0.2, -0.15) is 0 Å². The number of hydrogen-bond donors (Lipinski definition) is 3. The quantitative estimate of drug-likeness (QED) is 0.722. The molecule has 0 saturated carbocycles. The fourth-order valence-corrected chi connectivity index (χ4v) is 2.21. The van der Waals surface area contributed by atoms with Crippen LogP contribution in [0.5, 0.6) is 0 Å². The van der Waals surface area contributed by atoms with Gasteiger partial charge in [0.05, 0.1) is 24.1 Å². The van der Waals surface area contributed by atoms with Gasteiger partial charge in [-0.15, -0.1) is 0 Å². The predicted molar refractivity (Wildman–Crippen MR) is 71.6 cm³/mol. The number of fused-ring (bicyclic) bond motifs is 1. The lowest BCUT2D eigenvalue weighted by Gasteiger charge is -2.10. The van der Waals surface area contributed by atoms with Crippen molar-refractivity contribution in [2.45, 2.75) is 19.4 Å². The van der Waals surface area contributed by atoms with Crippen molar-refractivity contribution in [3.8, 4) is 0 Å². The van der Waals surface area contributed by atoms with Crippen LogP contribution < -0.4 is 5.56 Å². The molecular weight excluding hydrogens is 300 g/mol. The number of rotatable bonds is 5. The number of benzene rings is 1. The number of aliphatic carboxylic acids is 1. The first-order valence-corrected chi connectivity index (χ1v) is 6.25. The Kier molecular flexibility index (Phi) is 4.32. The third kappa shape index (κ3) is 2.73. The summed E-state index contributed by atoms with van der Waals surface area (Å²) in [6, 6.07) is 1.61. The van der Waals surface area contributed by atoms with E-state index in [9.17, 15) is 28.3 Å². The number of Topliss-reactive ketones (excluding diaryl/α,β-unsaturated/α-hetero) is 1. The van der Waals surface area contributed by atoms with Crippen molar-refractivity contribution in [1.82, 2.24) is 4.98 Å². The van der Waals surface area contributed by atoms with Crippen LogP contribution in [-0.4, -0.2) is 26.9 Å². The van der Waals surface area contributed by atoms with E-state index >= 15 is 0 Å². The highest BCUT2D eigenvalue weighted by Crippen LogP contribution is 2.24. The van der Waals surface area contributed by atoms with Gasteiger partial charge in [0.15, 0.2) is 5.78 Å². The van der Waals surface area contributed by atoms with Crippen LogP contribution in [0.1, 0.15) is 28.8 Å². The third-order valence-corrected chi connectivity index (χ3v) is 3.18. The number of carbonyl (C=O) groups is 2. The Morgan fingerprint density at radius 1 is 1.14 bits per heavy atom. The van der Waals surface area contributed by atoms with Crippen LogP contribution in [0.3, 0.4) is 0 Å². The molecule has 2 aromatic rings. The average molecular weight is 311 g/mol. The maximum atomic E-state index is 13.9. The monoisotopic (exact) mass is 311 g/mol. The number of halogens is 2. The summed E-state index contributed by atoms with van der Waals surface area (Å²) in [4.78, 5) is 36.5. The van der Waals surface area contributed by atoms with Crippen LogP contribution in [0.15, 0.2) is 16.9 Å². The molecule has 0 atom stereocenters. The van der Waals surface area contributed by atoms with E-state index in [1.807, 2.05) is 0 Å². The Morgan fingerprint density at radius 3 is 2.36 bits per heavy atom. The first-order valence-electron chi connectivity index (χ1n) is 6.25. The molecule has 3 N–H and O–H groups in total. The smallest absolute Gasteiger partial charge is 0.303 e. The van der Waals surface area contributed by atoms with Crippen LogP contribution >= 0.6 is 0 Å². The number of carboxylic acids is 1. The van der Waals surface area contributed by atoms with Crippen LogP contribution in [-0.2, 0) is 11.4 Å². The number of aromatic nitrogens is 1. The summed E-state index contributed by atoms with van der Waals surface area (Å²) in [5, 5.41) is 17.5. The van der Waals surface area contributed by atoms with E-state index in [2.05, 4.69) is 4.98 Å². The number of carboxylic acid groups (broad SMARTS) is 1. The molecule has 0 spiro atoms. The van der Waals surface area contributed by atoms with Crippen molar-refractivity contribution in [2.24, 2.45) is 0 Å². The Hall–Kier alpha value is -2.61. The summed E-state index contributed by atoms with van der Waals surface area (Å²) < 4.78 is 27.6. The van der Waals surface area contributed by atoms with Gasteiger partial charge in [0, 0.05) is 17.4 Å². The molecular formula is C14H11F2NO5. The van der Waals surface area contributed by atoms with E-state index in [1.54, 1.807) is 0 Å². The number of hydrogen-bond acceptors (Lipinski definition) is 4. The molecule has 22 heavy (non-hydrogen) atoms. The molecule has 0 saturated heterocycles.